The molecule has 5 N–H and O–H groups in total. The van der Waals surface area contributed by atoms with Crippen LogP contribution < -0.4 is 10.1 Å². The summed E-state index contributed by atoms with van der Waals surface area (Å²) >= 11 is 0. The largest absolute Gasteiger partial charge is 0.508 e. The van der Waals surface area contributed by atoms with Gasteiger partial charge in [0.05, 0.1) is 25.0 Å². The molecule has 2 aliphatic heterocycles. The van der Waals surface area contributed by atoms with E-state index in [1.54, 1.807) is 32.1 Å². The van der Waals surface area contributed by atoms with Gasteiger partial charge in [0.25, 0.3) is 0 Å². The number of Topliss-reactive ketones (excluding diaryl/α,β-unsaturated/α-hetero) is 1. The normalized spacial score (nSPS) is 30.8. The molecule has 0 unspecified atom stereocenters. The van der Waals surface area contributed by atoms with Crippen LogP contribution in [-0.4, -0.2) is 62.5 Å². The number of aliphatic hydroxyl groups is 3. The third-order valence-electron chi connectivity index (χ3n) is 12.7. The molecule has 3 saturated carbocycles. The van der Waals surface area contributed by atoms with Crippen LogP contribution in [0.15, 0.2) is 42.0 Å². The van der Waals surface area contributed by atoms with Crippen molar-refractivity contribution in [1.29, 1.82) is 0 Å². The van der Waals surface area contributed by atoms with E-state index in [4.69, 9.17) is 9.47 Å². The number of benzene rings is 2. The van der Waals surface area contributed by atoms with Crippen molar-refractivity contribution in [2.24, 2.45) is 17.3 Å². The lowest BCUT2D eigenvalue weighted by Crippen LogP contribution is -2.61. The van der Waals surface area contributed by atoms with Gasteiger partial charge in [-0.25, -0.2) is 4.79 Å². The molecule has 1 spiro atoms. The number of cyclic esters (lactones) is 1. The summed E-state index contributed by atoms with van der Waals surface area (Å²) in [4.78, 5) is 40.7. The van der Waals surface area contributed by atoms with Gasteiger partial charge in [-0.15, -0.1) is 0 Å². The fourth-order valence-electron chi connectivity index (χ4n) is 10.1. The summed E-state index contributed by atoms with van der Waals surface area (Å²) in [5, 5.41) is 47.6. The lowest BCUT2D eigenvalue weighted by atomic mass is 9.51. The molecule has 7 rings (SSSR count). The number of nitrogens with one attached hydrogen (secondary N) is 1. The van der Waals surface area contributed by atoms with Gasteiger partial charge < -0.3 is 35.2 Å². The van der Waals surface area contributed by atoms with E-state index in [-0.39, 0.29) is 55.7 Å². The summed E-state index contributed by atoms with van der Waals surface area (Å²) in [6.45, 7) is 3.48. The summed E-state index contributed by atoms with van der Waals surface area (Å²) in [5.74, 6) is 4.57. The number of carbonyl (C=O) groups is 3. The number of ether oxygens (including phenoxy) is 2. The molecule has 3 aliphatic carbocycles. The highest BCUT2D eigenvalue weighted by molar-refractivity contribution is 5.89. The Labute approximate surface area is 311 Å². The molecular formula is C43H51NO9. The number of aromatic hydroxyl groups is 1. The number of aliphatic hydroxyl groups excluding tert-OH is 2. The Balaban J connectivity index is 1.33. The first-order chi connectivity index (χ1) is 25.4. The summed E-state index contributed by atoms with van der Waals surface area (Å²) in [6, 6.07) is 8.68. The number of hydrogen-bond donors (Lipinski definition) is 5. The number of phenolic OH excluding ortho intramolecular Hbond substituents is 1. The van der Waals surface area contributed by atoms with Gasteiger partial charge in [0, 0.05) is 53.6 Å². The van der Waals surface area contributed by atoms with Crippen molar-refractivity contribution in [3.63, 3.8) is 0 Å². The number of fused-ring (bicyclic) bond motifs is 3. The molecular weight excluding hydrogens is 674 g/mol. The van der Waals surface area contributed by atoms with Gasteiger partial charge in [-0.2, -0.15) is 0 Å². The van der Waals surface area contributed by atoms with Gasteiger partial charge in [0.1, 0.15) is 29.0 Å². The average Bonchev–Trinajstić information content (AvgIpc) is 3.63. The maximum atomic E-state index is 14.4. The highest BCUT2D eigenvalue weighted by atomic mass is 16.6. The number of ketones is 1. The van der Waals surface area contributed by atoms with Gasteiger partial charge in [-0.05, 0) is 99.1 Å². The summed E-state index contributed by atoms with van der Waals surface area (Å²) in [6.07, 6.45) is 6.71. The molecule has 5 aliphatic rings. The molecule has 7 atom stereocenters. The highest BCUT2D eigenvalue weighted by Gasteiger charge is 2.61. The summed E-state index contributed by atoms with van der Waals surface area (Å²) < 4.78 is 12.0. The van der Waals surface area contributed by atoms with Crippen LogP contribution in [0.3, 0.4) is 0 Å². The lowest BCUT2D eigenvalue weighted by molar-refractivity contribution is -0.198. The molecule has 3 fully saturated rings. The van der Waals surface area contributed by atoms with Crippen LogP contribution in [0.5, 0.6) is 11.5 Å². The van der Waals surface area contributed by atoms with Crippen LogP contribution in [0, 0.1) is 29.1 Å². The zero-order valence-corrected chi connectivity index (χ0v) is 30.7. The van der Waals surface area contributed by atoms with E-state index in [1.807, 2.05) is 12.1 Å². The number of rotatable bonds is 6. The van der Waals surface area contributed by atoms with Crippen LogP contribution in [0.4, 0.5) is 5.69 Å². The Morgan fingerprint density at radius 1 is 0.962 bits per heavy atom. The molecule has 0 saturated heterocycles. The minimum atomic E-state index is -1.45. The van der Waals surface area contributed by atoms with Crippen molar-refractivity contribution in [2.75, 3.05) is 11.9 Å². The second kappa shape index (κ2) is 14.9. The highest BCUT2D eigenvalue weighted by Crippen LogP contribution is 2.60. The Hall–Kier alpha value is -4.17. The number of esters is 2. The van der Waals surface area contributed by atoms with E-state index in [0.29, 0.717) is 59.4 Å². The number of carbonyl (C=O) groups excluding carboxylic acids is 3. The van der Waals surface area contributed by atoms with Crippen molar-refractivity contribution in [3.8, 4) is 23.3 Å². The van der Waals surface area contributed by atoms with E-state index in [0.717, 1.165) is 37.7 Å². The molecule has 0 aromatic heterocycles. The standard InChI is InChI=1S/C43H51NO9/c1-3-27-17-28(30-15-26(24-45)16-32(18-30)44-23-25(2)46)8-9-29-21-40(49)52-37-22-36(47)31(19-33(29)37)20-39(53-41(27)50)43(51)14-6-7-34-35(43)10-11-38(48)42(34)12-4-5-13-42/h3,15-16,18-19,22,25,28-29,34-35,39,44-47,51H,4-7,10-14,17,20-21,23-24H2,1-2H3/b27-3-/t25-,28-,29-,34-,35+,39+,43-/m0/s1. The molecule has 10 nitrogen and oxygen atoms in total. The molecule has 53 heavy (non-hydrogen) atoms. The first kappa shape index (κ1) is 37.2. The first-order valence-electron chi connectivity index (χ1n) is 19.3. The Morgan fingerprint density at radius 2 is 1.74 bits per heavy atom. The van der Waals surface area contributed by atoms with Crippen molar-refractivity contribution >= 4 is 23.4 Å². The number of phenols is 1. The van der Waals surface area contributed by atoms with E-state index < -0.39 is 47.0 Å². The zero-order chi connectivity index (χ0) is 37.5. The fraction of sp³-hybridized carbons (Fsp3) is 0.558. The summed E-state index contributed by atoms with van der Waals surface area (Å²) in [5.41, 5.74) is 1.56. The number of allylic oxidation sites excluding steroid dienone is 1. The maximum Gasteiger partial charge on any atom is 0.334 e. The van der Waals surface area contributed by atoms with E-state index in [2.05, 4.69) is 17.2 Å². The molecule has 2 bridgehead atoms. The predicted molar refractivity (Wildman–Crippen MR) is 197 cm³/mol. The zero-order valence-electron chi connectivity index (χ0n) is 30.7. The van der Waals surface area contributed by atoms with Crippen molar-refractivity contribution in [1.82, 2.24) is 0 Å². The van der Waals surface area contributed by atoms with Gasteiger partial charge in [0.2, 0.25) is 0 Å². The van der Waals surface area contributed by atoms with Gasteiger partial charge in [0.15, 0.2) is 0 Å². The molecule has 0 radical (unpaired) electrons. The van der Waals surface area contributed by atoms with Crippen LogP contribution >= 0.6 is 0 Å². The second-order valence-electron chi connectivity index (χ2n) is 16.0. The van der Waals surface area contributed by atoms with Gasteiger partial charge in [-0.3, -0.25) is 9.59 Å². The average molecular weight is 726 g/mol. The molecule has 2 heterocycles. The van der Waals surface area contributed by atoms with Crippen molar-refractivity contribution < 1.29 is 44.3 Å². The van der Waals surface area contributed by atoms with Gasteiger partial charge >= 0.3 is 11.9 Å². The first-order valence-corrected chi connectivity index (χ1v) is 19.3. The SMILES string of the molecule is C/C=C1/C[C@@H](c2cc(CO)cc(NC[C@H](C)O)c2)C#C[C@H]2CC(=O)Oc3cc(O)c(cc32)C[C@H]([C@]2(O)CCC[C@H]3[C@H]2CCC(=O)C32CCCC2)OC1=O. The van der Waals surface area contributed by atoms with Crippen molar-refractivity contribution in [3.05, 3.63) is 64.2 Å². The third-order valence-corrected chi connectivity index (χ3v) is 12.7. The molecule has 0 amide bonds. The lowest BCUT2D eigenvalue weighted by Gasteiger charge is -2.55. The van der Waals surface area contributed by atoms with Crippen molar-refractivity contribution in [2.45, 2.75) is 127 Å². The number of anilines is 1. The van der Waals surface area contributed by atoms with E-state index in [9.17, 15) is 34.8 Å². The monoisotopic (exact) mass is 725 g/mol. The topological polar surface area (TPSA) is 163 Å². The fourth-order valence-corrected chi connectivity index (χ4v) is 10.1. The van der Waals surface area contributed by atoms with E-state index >= 15 is 0 Å². The number of hydrogen-bond acceptors (Lipinski definition) is 10. The van der Waals surface area contributed by atoms with Gasteiger partial charge in [-0.1, -0.05) is 43.2 Å². The third kappa shape index (κ3) is 7.11. The Kier molecular flexibility index (Phi) is 10.5. The molecule has 10 heteroatoms. The van der Waals surface area contributed by atoms with E-state index in [1.165, 1.54) is 6.07 Å². The second-order valence-corrected chi connectivity index (χ2v) is 16.0. The predicted octanol–water partition coefficient (Wildman–Crippen LogP) is 5.73. The summed E-state index contributed by atoms with van der Waals surface area (Å²) in [7, 11) is 0. The smallest absolute Gasteiger partial charge is 0.334 e. The van der Waals surface area contributed by atoms with Crippen LogP contribution in [0.2, 0.25) is 0 Å². The molecule has 282 valence electrons. The Morgan fingerprint density at radius 3 is 2.47 bits per heavy atom. The quantitative estimate of drug-likeness (QED) is 0.108. The minimum Gasteiger partial charge on any atom is -0.508 e. The molecule has 2 aromatic rings. The van der Waals surface area contributed by atoms with Crippen LogP contribution in [0.25, 0.3) is 0 Å². The Bertz CT molecular complexity index is 1860. The van der Waals surface area contributed by atoms with Crippen LogP contribution in [0.1, 0.15) is 119 Å². The van der Waals surface area contributed by atoms with Crippen LogP contribution in [-0.2, 0) is 32.1 Å². The minimum absolute atomic E-state index is 0.00601. The molecule has 2 aromatic carbocycles. The maximum absolute atomic E-state index is 14.4.